The maximum absolute atomic E-state index is 14.5. The van der Waals surface area contributed by atoms with Gasteiger partial charge >= 0.3 is 6.09 Å². The van der Waals surface area contributed by atoms with Crippen LogP contribution in [0.1, 0.15) is 39.2 Å². The number of rotatable bonds is 7. The molecule has 1 heterocycles. The van der Waals surface area contributed by atoms with Crippen molar-refractivity contribution >= 4 is 41.7 Å². The van der Waals surface area contributed by atoms with Gasteiger partial charge in [-0.3, -0.25) is 0 Å². The first-order chi connectivity index (χ1) is 14.0. The first-order valence-electron chi connectivity index (χ1n) is 10.4. The Kier molecular flexibility index (Phi) is 11.8. The standard InChI is InChI=1S/C21H34FN5O2.HI/c1-5-23-20(25-17-10-12-27(13-11-17)21(28)29-4)24-15-16-8-9-19(18(22)14-16)26(6-2)7-3;/h8-9,14,17H,5-7,10-13,15H2,1-4H3,(H2,23,24,25);1H. The number of anilines is 1. The number of nitrogens with one attached hydrogen (secondary N) is 2. The summed E-state index contributed by atoms with van der Waals surface area (Å²) in [6.07, 6.45) is 1.37. The predicted molar refractivity (Wildman–Crippen MR) is 130 cm³/mol. The summed E-state index contributed by atoms with van der Waals surface area (Å²) in [6, 6.07) is 5.56. The van der Waals surface area contributed by atoms with E-state index in [9.17, 15) is 9.18 Å². The fourth-order valence-corrected chi connectivity index (χ4v) is 3.49. The van der Waals surface area contributed by atoms with E-state index in [-0.39, 0.29) is 41.9 Å². The van der Waals surface area contributed by atoms with Crippen LogP contribution in [0.2, 0.25) is 0 Å². The minimum atomic E-state index is -0.279. The number of ether oxygens (including phenoxy) is 1. The lowest BCUT2D eigenvalue weighted by Gasteiger charge is -2.32. The van der Waals surface area contributed by atoms with Gasteiger partial charge in [-0.2, -0.15) is 0 Å². The highest BCUT2D eigenvalue weighted by Gasteiger charge is 2.23. The molecule has 7 nitrogen and oxygen atoms in total. The van der Waals surface area contributed by atoms with Gasteiger partial charge in [-0.05, 0) is 51.3 Å². The first-order valence-corrected chi connectivity index (χ1v) is 10.4. The van der Waals surface area contributed by atoms with Crippen molar-refractivity contribution < 1.29 is 13.9 Å². The normalized spacial score (nSPS) is 14.7. The van der Waals surface area contributed by atoms with Crippen LogP contribution in [0.4, 0.5) is 14.9 Å². The summed E-state index contributed by atoms with van der Waals surface area (Å²) in [5, 5.41) is 6.66. The minimum Gasteiger partial charge on any atom is -0.453 e. The van der Waals surface area contributed by atoms with Crippen LogP contribution in [0.3, 0.4) is 0 Å². The summed E-state index contributed by atoms with van der Waals surface area (Å²) in [5.41, 5.74) is 1.46. The van der Waals surface area contributed by atoms with E-state index < -0.39 is 0 Å². The minimum absolute atomic E-state index is 0. The van der Waals surface area contributed by atoms with Gasteiger partial charge in [0, 0.05) is 38.8 Å². The molecule has 0 atom stereocenters. The molecule has 1 aromatic carbocycles. The molecule has 2 rings (SSSR count). The largest absolute Gasteiger partial charge is 0.453 e. The molecule has 0 radical (unpaired) electrons. The summed E-state index contributed by atoms with van der Waals surface area (Å²) in [6.45, 7) is 10.0. The summed E-state index contributed by atoms with van der Waals surface area (Å²) in [7, 11) is 1.40. The smallest absolute Gasteiger partial charge is 0.409 e. The van der Waals surface area contributed by atoms with Crippen molar-refractivity contribution in [2.45, 2.75) is 46.2 Å². The highest BCUT2D eigenvalue weighted by Crippen LogP contribution is 2.20. The highest BCUT2D eigenvalue weighted by atomic mass is 127. The maximum atomic E-state index is 14.5. The van der Waals surface area contributed by atoms with Crippen molar-refractivity contribution in [3.8, 4) is 0 Å². The molecule has 1 aliphatic heterocycles. The summed E-state index contributed by atoms with van der Waals surface area (Å²) in [5.74, 6) is 0.492. The van der Waals surface area contributed by atoms with Crippen molar-refractivity contribution in [3.05, 3.63) is 29.6 Å². The number of carbonyl (C=O) groups is 1. The SMILES string of the molecule is CCNC(=NCc1ccc(N(CC)CC)c(F)c1)NC1CCN(C(=O)OC)CC1.I. The molecule has 2 N–H and O–H groups in total. The van der Waals surface area contributed by atoms with E-state index in [2.05, 4.69) is 15.6 Å². The van der Waals surface area contributed by atoms with E-state index in [0.29, 0.717) is 31.3 Å². The Morgan fingerprint density at radius 1 is 1.27 bits per heavy atom. The van der Waals surface area contributed by atoms with Gasteiger partial charge in [0.05, 0.1) is 19.3 Å². The molecule has 170 valence electrons. The van der Waals surface area contributed by atoms with Crippen molar-refractivity contribution in [1.82, 2.24) is 15.5 Å². The molecule has 1 amide bonds. The monoisotopic (exact) mass is 535 g/mol. The first kappa shape index (κ1) is 26.3. The number of methoxy groups -OCH3 is 1. The van der Waals surface area contributed by atoms with Crippen LogP contribution in [0.25, 0.3) is 0 Å². The number of benzene rings is 1. The number of hydrogen-bond donors (Lipinski definition) is 2. The number of piperidine rings is 1. The van der Waals surface area contributed by atoms with Gasteiger partial charge in [0.25, 0.3) is 0 Å². The van der Waals surface area contributed by atoms with Crippen molar-refractivity contribution in [3.63, 3.8) is 0 Å². The molecule has 9 heteroatoms. The zero-order valence-corrected chi connectivity index (χ0v) is 20.7. The topological polar surface area (TPSA) is 69.2 Å². The third kappa shape index (κ3) is 7.48. The molecular weight excluding hydrogens is 500 g/mol. The zero-order chi connectivity index (χ0) is 21.2. The van der Waals surface area contributed by atoms with Gasteiger partial charge in [0.1, 0.15) is 5.82 Å². The van der Waals surface area contributed by atoms with Crippen LogP contribution in [0.15, 0.2) is 23.2 Å². The van der Waals surface area contributed by atoms with E-state index in [1.54, 1.807) is 11.0 Å². The molecule has 0 unspecified atom stereocenters. The Morgan fingerprint density at radius 2 is 1.93 bits per heavy atom. The zero-order valence-electron chi connectivity index (χ0n) is 18.4. The number of hydrogen-bond acceptors (Lipinski definition) is 4. The molecule has 0 aromatic heterocycles. The fourth-order valence-electron chi connectivity index (χ4n) is 3.49. The Hall–Kier alpha value is -1.78. The Balaban J connectivity index is 0.00000450. The number of carbonyl (C=O) groups excluding carboxylic acids is 1. The molecule has 1 aliphatic rings. The molecule has 1 fully saturated rings. The van der Waals surface area contributed by atoms with Crippen LogP contribution >= 0.6 is 24.0 Å². The predicted octanol–water partition coefficient (Wildman–Crippen LogP) is 3.58. The van der Waals surface area contributed by atoms with Crippen molar-refractivity contribution in [1.29, 1.82) is 0 Å². The van der Waals surface area contributed by atoms with E-state index in [4.69, 9.17) is 4.74 Å². The van der Waals surface area contributed by atoms with Gasteiger partial charge < -0.3 is 25.2 Å². The van der Waals surface area contributed by atoms with E-state index in [1.807, 2.05) is 37.8 Å². The fraction of sp³-hybridized carbons (Fsp3) is 0.619. The summed E-state index contributed by atoms with van der Waals surface area (Å²) < 4.78 is 19.3. The third-order valence-electron chi connectivity index (χ3n) is 5.15. The molecule has 1 saturated heterocycles. The molecule has 0 bridgehead atoms. The van der Waals surface area contributed by atoms with Crippen molar-refractivity contribution in [2.24, 2.45) is 4.99 Å². The second-order valence-corrected chi connectivity index (χ2v) is 7.03. The second-order valence-electron chi connectivity index (χ2n) is 7.03. The molecule has 0 saturated carbocycles. The number of halogens is 2. The lowest BCUT2D eigenvalue weighted by atomic mass is 10.1. The lowest BCUT2D eigenvalue weighted by molar-refractivity contribution is 0.111. The van der Waals surface area contributed by atoms with Gasteiger partial charge in [-0.25, -0.2) is 14.2 Å². The molecule has 1 aromatic rings. The van der Waals surface area contributed by atoms with E-state index in [0.717, 1.165) is 38.0 Å². The van der Waals surface area contributed by atoms with E-state index in [1.165, 1.54) is 7.11 Å². The van der Waals surface area contributed by atoms with Crippen LogP contribution in [0, 0.1) is 5.82 Å². The van der Waals surface area contributed by atoms with Gasteiger partial charge in [0.15, 0.2) is 5.96 Å². The number of aliphatic imine (C=N–C) groups is 1. The third-order valence-corrected chi connectivity index (χ3v) is 5.15. The average Bonchev–Trinajstić information content (AvgIpc) is 2.74. The lowest BCUT2D eigenvalue weighted by Crippen LogP contribution is -2.49. The Bertz CT molecular complexity index is 692. The summed E-state index contributed by atoms with van der Waals surface area (Å²) in [4.78, 5) is 19.9. The van der Waals surface area contributed by atoms with Gasteiger partial charge in [-0.1, -0.05) is 6.07 Å². The summed E-state index contributed by atoms with van der Waals surface area (Å²) >= 11 is 0. The molecule has 0 spiro atoms. The molecular formula is C21H35FIN5O2. The van der Waals surface area contributed by atoms with Crippen LogP contribution in [-0.2, 0) is 11.3 Å². The number of amides is 1. The van der Waals surface area contributed by atoms with Crippen LogP contribution in [0.5, 0.6) is 0 Å². The number of nitrogens with zero attached hydrogens (tertiary/aromatic N) is 3. The van der Waals surface area contributed by atoms with E-state index >= 15 is 0 Å². The van der Waals surface area contributed by atoms with Crippen LogP contribution < -0.4 is 15.5 Å². The number of guanidine groups is 1. The molecule has 0 aliphatic carbocycles. The highest BCUT2D eigenvalue weighted by molar-refractivity contribution is 14.0. The van der Waals surface area contributed by atoms with Gasteiger partial charge in [0.2, 0.25) is 0 Å². The Labute approximate surface area is 196 Å². The van der Waals surface area contributed by atoms with Crippen molar-refractivity contribution in [2.75, 3.05) is 44.7 Å². The Morgan fingerprint density at radius 3 is 2.47 bits per heavy atom. The van der Waals surface area contributed by atoms with Crippen LogP contribution in [-0.4, -0.2) is 62.8 Å². The average molecular weight is 535 g/mol. The quantitative estimate of drug-likeness (QED) is 0.318. The maximum Gasteiger partial charge on any atom is 0.409 e. The van der Waals surface area contributed by atoms with Gasteiger partial charge in [-0.15, -0.1) is 24.0 Å². The molecule has 30 heavy (non-hydrogen) atoms. The number of likely N-dealkylation sites (tertiary alicyclic amines) is 1. The second kappa shape index (κ2) is 13.5.